The maximum absolute atomic E-state index is 12.1. The molecule has 1 heteroatoms. The Morgan fingerprint density at radius 1 is 1.13 bits per heavy atom. The minimum absolute atomic E-state index is 0.303. The fraction of sp³-hybridized carbons (Fsp3) is 0.759. The molecule has 0 aliphatic heterocycles. The monoisotopic (exact) mass is 408 g/mol. The van der Waals surface area contributed by atoms with Gasteiger partial charge in [-0.1, -0.05) is 57.6 Å². The van der Waals surface area contributed by atoms with Crippen LogP contribution in [0.1, 0.15) is 92.4 Å². The highest BCUT2D eigenvalue weighted by Crippen LogP contribution is 2.67. The summed E-state index contributed by atoms with van der Waals surface area (Å²) in [5.41, 5.74) is 3.59. The van der Waals surface area contributed by atoms with Gasteiger partial charge in [0.25, 0.3) is 0 Å². The van der Waals surface area contributed by atoms with E-state index in [-0.39, 0.29) is 0 Å². The Kier molecular flexibility index (Phi) is 5.97. The number of allylic oxidation sites excluding steroid dienone is 4. The van der Waals surface area contributed by atoms with E-state index >= 15 is 0 Å². The molecule has 30 heavy (non-hydrogen) atoms. The van der Waals surface area contributed by atoms with Crippen LogP contribution >= 0.6 is 0 Å². The maximum Gasteiger partial charge on any atom is 0.155 e. The second-order valence-electron chi connectivity index (χ2n) is 11.8. The van der Waals surface area contributed by atoms with Crippen molar-refractivity contribution in [1.82, 2.24) is 0 Å². The Labute approximate surface area is 185 Å². The summed E-state index contributed by atoms with van der Waals surface area (Å²) in [6.45, 7) is 16.3. The van der Waals surface area contributed by atoms with Gasteiger partial charge in [0.2, 0.25) is 0 Å². The topological polar surface area (TPSA) is 17.1 Å². The van der Waals surface area contributed by atoms with E-state index in [1.54, 1.807) is 0 Å². The van der Waals surface area contributed by atoms with Crippen molar-refractivity contribution in [3.8, 4) is 0 Å². The number of hydrogen-bond donors (Lipinski definition) is 0. The second-order valence-corrected chi connectivity index (χ2v) is 11.8. The lowest BCUT2D eigenvalue weighted by Gasteiger charge is -2.58. The van der Waals surface area contributed by atoms with Crippen LogP contribution < -0.4 is 0 Å². The van der Waals surface area contributed by atoms with Gasteiger partial charge < -0.3 is 0 Å². The van der Waals surface area contributed by atoms with Crippen LogP contribution in [-0.2, 0) is 4.79 Å². The number of hydrogen-bond acceptors (Lipinski definition) is 1. The van der Waals surface area contributed by atoms with E-state index in [2.05, 4.69) is 53.3 Å². The second kappa shape index (κ2) is 8.10. The van der Waals surface area contributed by atoms with Crippen LogP contribution in [0.3, 0.4) is 0 Å². The summed E-state index contributed by atoms with van der Waals surface area (Å²) in [5.74, 6) is 4.96. The van der Waals surface area contributed by atoms with Crippen LogP contribution in [0.2, 0.25) is 0 Å². The number of fused-ring (bicyclic) bond motifs is 5. The molecule has 4 aliphatic rings. The molecule has 4 aliphatic carbocycles. The van der Waals surface area contributed by atoms with Gasteiger partial charge in [0.1, 0.15) is 0 Å². The van der Waals surface area contributed by atoms with Gasteiger partial charge in [-0.2, -0.15) is 0 Å². The van der Waals surface area contributed by atoms with E-state index in [0.717, 1.165) is 42.9 Å². The summed E-state index contributed by atoms with van der Waals surface area (Å²) >= 11 is 0. The molecule has 0 radical (unpaired) electrons. The highest BCUT2D eigenvalue weighted by molar-refractivity contribution is 5.91. The average molecular weight is 409 g/mol. The first-order chi connectivity index (χ1) is 14.2. The zero-order valence-electron chi connectivity index (χ0n) is 20.2. The lowest BCUT2D eigenvalue weighted by atomic mass is 9.46. The quantitative estimate of drug-likeness (QED) is 0.422. The van der Waals surface area contributed by atoms with Crippen molar-refractivity contribution in [2.45, 2.75) is 92.4 Å². The van der Waals surface area contributed by atoms with E-state index in [1.165, 1.54) is 49.7 Å². The number of rotatable bonds is 5. The number of carbonyl (C=O) groups excluding carboxylic acids is 1. The minimum atomic E-state index is 0.303. The van der Waals surface area contributed by atoms with Crippen molar-refractivity contribution in [2.24, 2.45) is 46.3 Å². The zero-order valence-corrected chi connectivity index (χ0v) is 20.2. The van der Waals surface area contributed by atoms with Crippen LogP contribution in [0.5, 0.6) is 0 Å². The molecular weight excluding hydrogens is 364 g/mol. The highest BCUT2D eigenvalue weighted by atomic mass is 16.1. The fourth-order valence-electron chi connectivity index (χ4n) is 8.56. The minimum Gasteiger partial charge on any atom is -0.295 e. The summed E-state index contributed by atoms with van der Waals surface area (Å²) < 4.78 is 0. The number of carbonyl (C=O) groups is 1. The van der Waals surface area contributed by atoms with Gasteiger partial charge in [0.15, 0.2) is 5.78 Å². The molecule has 0 bridgehead atoms. The first-order valence-corrected chi connectivity index (χ1v) is 12.8. The lowest BCUT2D eigenvalue weighted by Crippen LogP contribution is -2.50. The summed E-state index contributed by atoms with van der Waals surface area (Å²) in [5, 5.41) is 0. The molecule has 4 rings (SSSR count). The smallest absolute Gasteiger partial charge is 0.155 e. The Morgan fingerprint density at radius 3 is 2.60 bits per heavy atom. The molecule has 0 aromatic rings. The molecule has 166 valence electrons. The average Bonchev–Trinajstić information content (AvgIpc) is 3.06. The van der Waals surface area contributed by atoms with Crippen LogP contribution in [0.4, 0.5) is 0 Å². The van der Waals surface area contributed by atoms with Crippen molar-refractivity contribution < 1.29 is 4.79 Å². The Bertz CT molecular complexity index is 756. The molecule has 3 fully saturated rings. The lowest BCUT2D eigenvalue weighted by molar-refractivity contribution is -0.117. The third-order valence-electron chi connectivity index (χ3n) is 10.4. The van der Waals surface area contributed by atoms with Gasteiger partial charge in [0, 0.05) is 6.42 Å². The molecule has 1 nitrogen and oxygen atoms in total. The van der Waals surface area contributed by atoms with Crippen molar-refractivity contribution in [3.63, 3.8) is 0 Å². The van der Waals surface area contributed by atoms with Gasteiger partial charge in [-0.25, -0.2) is 0 Å². The molecule has 0 aromatic heterocycles. The van der Waals surface area contributed by atoms with Crippen LogP contribution in [-0.4, -0.2) is 5.78 Å². The van der Waals surface area contributed by atoms with Crippen molar-refractivity contribution >= 4 is 5.78 Å². The normalized spacial score (nSPS) is 42.8. The summed E-state index contributed by atoms with van der Waals surface area (Å²) in [4.78, 5) is 12.1. The predicted molar refractivity (Wildman–Crippen MR) is 127 cm³/mol. The SMILES string of the molecule is C=C(C)[C@H](/C=C/[C@H](C)[C@@H]1CC[C@@H]2[C@H]3CCC4=CC(=O)CC[C@@]4(C)[C@@H]3CC[C@]21C)CC. The molecule has 0 spiro atoms. The summed E-state index contributed by atoms with van der Waals surface area (Å²) in [6, 6.07) is 0. The molecule has 8 atom stereocenters. The predicted octanol–water partition coefficient (Wildman–Crippen LogP) is 7.93. The summed E-state index contributed by atoms with van der Waals surface area (Å²) in [7, 11) is 0. The molecule has 0 unspecified atom stereocenters. The Balaban J connectivity index is 1.53. The third kappa shape index (κ3) is 3.49. The van der Waals surface area contributed by atoms with E-state index < -0.39 is 0 Å². The standard InChI is InChI=1S/C29H44O/c1-7-21(19(2)3)9-8-20(4)25-12-13-26-24-11-10-22-18-23(30)14-16-28(22,5)27(24)15-17-29(25,26)6/h8-9,18,20-21,24-27H,2,7,10-17H2,1,3-6H3/b9-8+/t20-,21-,24+,25-,26+,27+,28+,29-/m0/s1. The van der Waals surface area contributed by atoms with Crippen LogP contribution in [0, 0.1) is 46.3 Å². The van der Waals surface area contributed by atoms with Crippen LogP contribution in [0.15, 0.2) is 36.0 Å². The third-order valence-corrected chi connectivity index (χ3v) is 10.4. The van der Waals surface area contributed by atoms with Gasteiger partial charge >= 0.3 is 0 Å². The van der Waals surface area contributed by atoms with Crippen LogP contribution in [0.25, 0.3) is 0 Å². The van der Waals surface area contributed by atoms with E-state index in [9.17, 15) is 4.79 Å². The van der Waals surface area contributed by atoms with Crippen molar-refractivity contribution in [3.05, 3.63) is 36.0 Å². The highest BCUT2D eigenvalue weighted by Gasteiger charge is 2.59. The molecule has 0 saturated heterocycles. The Hall–Kier alpha value is -1.11. The van der Waals surface area contributed by atoms with Gasteiger partial charge in [0.05, 0.1) is 0 Å². The molecular formula is C29H44O. The first kappa shape index (κ1) is 22.1. The molecule has 0 aromatic carbocycles. The van der Waals surface area contributed by atoms with Crippen molar-refractivity contribution in [2.75, 3.05) is 0 Å². The van der Waals surface area contributed by atoms with Gasteiger partial charge in [-0.15, -0.1) is 0 Å². The molecule has 3 saturated carbocycles. The van der Waals surface area contributed by atoms with Gasteiger partial charge in [-0.05, 0) is 111 Å². The van der Waals surface area contributed by atoms with Crippen molar-refractivity contribution in [1.29, 1.82) is 0 Å². The maximum atomic E-state index is 12.1. The Morgan fingerprint density at radius 2 is 1.90 bits per heavy atom. The molecule has 0 heterocycles. The van der Waals surface area contributed by atoms with E-state index in [1.807, 2.05) is 6.08 Å². The van der Waals surface area contributed by atoms with E-state index in [4.69, 9.17) is 0 Å². The van der Waals surface area contributed by atoms with E-state index in [0.29, 0.717) is 28.4 Å². The first-order valence-electron chi connectivity index (χ1n) is 12.8. The molecule has 0 N–H and O–H groups in total. The van der Waals surface area contributed by atoms with Gasteiger partial charge in [-0.3, -0.25) is 4.79 Å². The largest absolute Gasteiger partial charge is 0.295 e. The fourth-order valence-corrected chi connectivity index (χ4v) is 8.56. The number of ketones is 1. The summed E-state index contributed by atoms with van der Waals surface area (Å²) in [6.07, 6.45) is 18.1. The molecule has 0 amide bonds. The zero-order chi connectivity index (χ0) is 21.7.